The van der Waals surface area contributed by atoms with Gasteiger partial charge in [-0.2, -0.15) is 29.4 Å². The minimum Gasteiger partial charge on any atom is -0.257 e. The Morgan fingerprint density at radius 1 is 0.778 bits per heavy atom. The van der Waals surface area contributed by atoms with Gasteiger partial charge in [-0.05, 0) is 54.4 Å². The number of nitrogens with zero attached hydrogens (tertiary/aromatic N) is 2. The van der Waals surface area contributed by atoms with Crippen LogP contribution in [0.5, 0.6) is 0 Å². The Hall–Kier alpha value is -2.48. The molecule has 3 heteroatoms. The summed E-state index contributed by atoms with van der Waals surface area (Å²) >= 11 is 0. The van der Waals surface area contributed by atoms with Crippen LogP contribution in [0.2, 0.25) is 0 Å². The van der Waals surface area contributed by atoms with Crippen molar-refractivity contribution in [2.45, 2.75) is 20.8 Å². The molecule has 2 nitrogen and oxygen atoms in total. The standard InChI is InChI=1S/C24H19N2.Ir/c1-15-8-4-5-9-18(15)22-14-24-21-13-17(3)16(2)12-20(21)19-10-6-7-11-23(19)26(24)25-22;/h4-10,12-14H,1-3H3;/q-1;. The van der Waals surface area contributed by atoms with Crippen molar-refractivity contribution in [2.24, 2.45) is 0 Å². The molecule has 5 aromatic rings. The van der Waals surface area contributed by atoms with Gasteiger partial charge in [-0.25, -0.2) is 0 Å². The molecule has 2 aromatic heterocycles. The van der Waals surface area contributed by atoms with Gasteiger partial charge in [0.15, 0.2) is 0 Å². The molecule has 1 radical (unpaired) electrons. The molecule has 2 heterocycles. The number of para-hydroxylation sites is 1. The predicted molar refractivity (Wildman–Crippen MR) is 109 cm³/mol. The monoisotopic (exact) mass is 528 g/mol. The molecule has 0 bridgehead atoms. The molecule has 0 spiro atoms. The Bertz CT molecular complexity index is 1310. The molecule has 0 aliphatic carbocycles. The van der Waals surface area contributed by atoms with E-state index in [1.54, 1.807) is 0 Å². The summed E-state index contributed by atoms with van der Waals surface area (Å²) in [7, 11) is 0. The summed E-state index contributed by atoms with van der Waals surface area (Å²) in [6, 6.07) is 24.8. The van der Waals surface area contributed by atoms with E-state index in [0.717, 1.165) is 16.7 Å². The third-order valence-corrected chi connectivity index (χ3v) is 5.38. The molecular weight excluding hydrogens is 508 g/mol. The maximum atomic E-state index is 4.96. The zero-order valence-corrected chi connectivity index (χ0v) is 17.9. The van der Waals surface area contributed by atoms with Crippen molar-refractivity contribution in [2.75, 3.05) is 0 Å². The van der Waals surface area contributed by atoms with Gasteiger partial charge in [0.2, 0.25) is 0 Å². The molecule has 0 saturated heterocycles. The van der Waals surface area contributed by atoms with Gasteiger partial charge >= 0.3 is 0 Å². The third kappa shape index (κ3) is 2.70. The molecule has 0 saturated carbocycles. The van der Waals surface area contributed by atoms with Crippen LogP contribution < -0.4 is 0 Å². The fourth-order valence-electron chi connectivity index (χ4n) is 3.81. The van der Waals surface area contributed by atoms with E-state index >= 15 is 0 Å². The van der Waals surface area contributed by atoms with Crippen LogP contribution in [0.15, 0.2) is 60.7 Å². The van der Waals surface area contributed by atoms with Crippen LogP contribution in [0.25, 0.3) is 38.4 Å². The SMILES string of the molecule is Cc1cc2c3ccc[c-]c3n3nc(-c4ccccc4C)cc3c2cc1C.[Ir]. The molecule has 0 N–H and O–H groups in total. The zero-order chi connectivity index (χ0) is 17.8. The maximum absolute atomic E-state index is 4.96. The van der Waals surface area contributed by atoms with Gasteiger partial charge in [0.25, 0.3) is 0 Å². The van der Waals surface area contributed by atoms with Crippen LogP contribution in [0.3, 0.4) is 0 Å². The van der Waals surface area contributed by atoms with Crippen molar-refractivity contribution in [1.29, 1.82) is 0 Å². The first-order valence-corrected chi connectivity index (χ1v) is 8.92. The third-order valence-electron chi connectivity index (χ3n) is 5.38. The number of hydrogen-bond acceptors (Lipinski definition) is 1. The summed E-state index contributed by atoms with van der Waals surface area (Å²) in [4.78, 5) is 0. The van der Waals surface area contributed by atoms with Gasteiger partial charge in [0.05, 0.1) is 11.2 Å². The van der Waals surface area contributed by atoms with E-state index in [1.165, 1.54) is 38.4 Å². The molecule has 0 fully saturated rings. The summed E-state index contributed by atoms with van der Waals surface area (Å²) in [6.45, 7) is 6.48. The van der Waals surface area contributed by atoms with Crippen LogP contribution in [0.1, 0.15) is 16.7 Å². The van der Waals surface area contributed by atoms with Crippen molar-refractivity contribution >= 4 is 27.2 Å². The van der Waals surface area contributed by atoms with Gasteiger partial charge in [-0.3, -0.25) is 4.52 Å². The Morgan fingerprint density at radius 3 is 2.30 bits per heavy atom. The largest absolute Gasteiger partial charge is 0.257 e. The van der Waals surface area contributed by atoms with E-state index in [9.17, 15) is 0 Å². The number of benzene rings is 3. The summed E-state index contributed by atoms with van der Waals surface area (Å²) in [5.74, 6) is 0. The van der Waals surface area contributed by atoms with E-state index in [2.05, 4.69) is 81.4 Å². The van der Waals surface area contributed by atoms with Crippen LogP contribution >= 0.6 is 0 Å². The van der Waals surface area contributed by atoms with Crippen LogP contribution in [0.4, 0.5) is 0 Å². The fraction of sp³-hybridized carbons (Fsp3) is 0.125. The van der Waals surface area contributed by atoms with Gasteiger partial charge in [-0.15, -0.1) is 5.39 Å². The first-order valence-electron chi connectivity index (χ1n) is 8.92. The van der Waals surface area contributed by atoms with Gasteiger partial charge in [-0.1, -0.05) is 41.8 Å². The molecular formula is C24H19IrN2-. The first kappa shape index (κ1) is 17.9. The molecule has 135 valence electrons. The van der Waals surface area contributed by atoms with Crippen LogP contribution in [-0.4, -0.2) is 9.61 Å². The van der Waals surface area contributed by atoms with Crippen molar-refractivity contribution < 1.29 is 20.1 Å². The molecule has 0 aliphatic heterocycles. The topological polar surface area (TPSA) is 17.3 Å². The summed E-state index contributed by atoms with van der Waals surface area (Å²) < 4.78 is 2.05. The second-order valence-corrected chi connectivity index (χ2v) is 7.06. The van der Waals surface area contributed by atoms with Crippen LogP contribution in [-0.2, 0) is 20.1 Å². The Morgan fingerprint density at radius 2 is 1.52 bits per heavy atom. The Balaban J connectivity index is 0.00000180. The predicted octanol–water partition coefficient (Wildman–Crippen LogP) is 6.03. The summed E-state index contributed by atoms with van der Waals surface area (Å²) in [5.41, 5.74) is 8.20. The van der Waals surface area contributed by atoms with Gasteiger partial charge in [0.1, 0.15) is 0 Å². The van der Waals surface area contributed by atoms with Crippen molar-refractivity contribution in [3.8, 4) is 11.3 Å². The van der Waals surface area contributed by atoms with Crippen molar-refractivity contribution in [3.63, 3.8) is 0 Å². The number of fused-ring (bicyclic) bond motifs is 6. The van der Waals surface area contributed by atoms with Crippen molar-refractivity contribution in [1.82, 2.24) is 9.61 Å². The summed E-state index contributed by atoms with van der Waals surface area (Å²) in [6.07, 6.45) is 0. The molecule has 0 aliphatic rings. The number of hydrogen-bond donors (Lipinski definition) is 0. The first-order chi connectivity index (χ1) is 12.6. The van der Waals surface area contributed by atoms with Crippen LogP contribution in [0, 0.1) is 26.8 Å². The number of aromatic nitrogens is 2. The summed E-state index contributed by atoms with van der Waals surface area (Å²) in [5, 5.41) is 8.66. The molecule has 3 aromatic carbocycles. The van der Waals surface area contributed by atoms with E-state index in [1.807, 2.05) is 10.6 Å². The minimum atomic E-state index is 0. The smallest absolute Gasteiger partial charge is 0.0935 e. The number of rotatable bonds is 1. The van der Waals surface area contributed by atoms with E-state index < -0.39 is 0 Å². The van der Waals surface area contributed by atoms with E-state index in [0.29, 0.717) is 0 Å². The molecule has 0 amide bonds. The second-order valence-electron chi connectivity index (χ2n) is 7.06. The van der Waals surface area contributed by atoms with E-state index in [-0.39, 0.29) is 20.1 Å². The van der Waals surface area contributed by atoms with Gasteiger partial charge in [0, 0.05) is 25.7 Å². The Labute approximate surface area is 172 Å². The fourth-order valence-corrected chi connectivity index (χ4v) is 3.81. The molecule has 0 atom stereocenters. The normalized spacial score (nSPS) is 11.2. The second kappa shape index (κ2) is 6.60. The average Bonchev–Trinajstić information content (AvgIpc) is 3.09. The number of pyridine rings is 1. The van der Waals surface area contributed by atoms with Crippen molar-refractivity contribution in [3.05, 3.63) is 83.4 Å². The minimum absolute atomic E-state index is 0. The molecule has 27 heavy (non-hydrogen) atoms. The number of aryl methyl sites for hydroxylation is 3. The van der Waals surface area contributed by atoms with Gasteiger partial charge < -0.3 is 0 Å². The zero-order valence-electron chi connectivity index (χ0n) is 15.5. The quantitative estimate of drug-likeness (QED) is 0.192. The average molecular weight is 528 g/mol. The maximum Gasteiger partial charge on any atom is 0.0935 e. The Kier molecular flexibility index (Phi) is 4.38. The molecule has 5 rings (SSSR count). The molecule has 0 unspecified atom stereocenters. The van der Waals surface area contributed by atoms with E-state index in [4.69, 9.17) is 5.10 Å².